The fourth-order valence-corrected chi connectivity index (χ4v) is 5.26. The second-order valence-electron chi connectivity index (χ2n) is 6.92. The number of sulfonamides is 1. The van der Waals surface area contributed by atoms with E-state index in [2.05, 4.69) is 42.5 Å². The van der Waals surface area contributed by atoms with Crippen LogP contribution in [0.25, 0.3) is 10.8 Å². The molecule has 0 saturated carbocycles. The van der Waals surface area contributed by atoms with Gasteiger partial charge in [-0.2, -0.15) is 4.31 Å². The molecule has 1 fully saturated rings. The highest BCUT2D eigenvalue weighted by molar-refractivity contribution is 7.89. The van der Waals surface area contributed by atoms with Gasteiger partial charge in [-0.3, -0.25) is 0 Å². The molecular weight excluding hydrogens is 380 g/mol. The Morgan fingerprint density at radius 2 is 1.56 bits per heavy atom. The van der Waals surface area contributed by atoms with Crippen molar-refractivity contribution in [1.29, 1.82) is 0 Å². The smallest absolute Gasteiger partial charge is 0.243 e. The normalized spacial score (nSPS) is 16.6. The van der Waals surface area contributed by atoms with Gasteiger partial charge in [0.25, 0.3) is 0 Å². The van der Waals surface area contributed by atoms with E-state index in [1.54, 1.807) is 28.6 Å². The molecule has 0 atom stereocenters. The molecule has 0 unspecified atom stereocenters. The monoisotopic (exact) mass is 401 g/mol. The Bertz CT molecular complexity index is 1040. The number of rotatable bonds is 4. The standard InChI is InChI=1S/C21H21ClN2O2S/c22-19-8-10-20(11-9-19)27(25,26)24-14-12-23(13-15-24)16-18-6-3-5-17-4-1-2-7-21(17)18/h1-11H,12-16H2/p+1. The molecule has 0 radical (unpaired) electrons. The molecular formula is C21H22ClN2O2S+. The predicted octanol–water partition coefficient (Wildman–Crippen LogP) is 2.58. The molecule has 27 heavy (non-hydrogen) atoms. The number of piperazine rings is 1. The number of halogens is 1. The molecule has 0 aliphatic carbocycles. The van der Waals surface area contributed by atoms with Gasteiger partial charge in [0, 0.05) is 10.6 Å². The van der Waals surface area contributed by atoms with Crippen molar-refractivity contribution < 1.29 is 13.3 Å². The molecule has 4 rings (SSSR count). The first-order chi connectivity index (χ1) is 13.0. The molecule has 0 aromatic heterocycles. The third-order valence-corrected chi connectivity index (χ3v) is 7.37. The molecule has 0 amide bonds. The molecule has 1 N–H and O–H groups in total. The van der Waals surface area contributed by atoms with Gasteiger partial charge in [-0.15, -0.1) is 0 Å². The van der Waals surface area contributed by atoms with Gasteiger partial charge < -0.3 is 4.90 Å². The third-order valence-electron chi connectivity index (χ3n) is 5.20. The fraction of sp³-hybridized carbons (Fsp3) is 0.238. The maximum absolute atomic E-state index is 12.8. The highest BCUT2D eigenvalue weighted by Crippen LogP contribution is 2.19. The summed E-state index contributed by atoms with van der Waals surface area (Å²) in [6, 6.07) is 21.2. The third kappa shape index (κ3) is 3.87. The van der Waals surface area contributed by atoms with Gasteiger partial charge >= 0.3 is 0 Å². The second kappa shape index (κ2) is 7.60. The van der Waals surface area contributed by atoms with Crippen LogP contribution in [0.15, 0.2) is 71.6 Å². The van der Waals surface area contributed by atoms with Crippen LogP contribution in [0.1, 0.15) is 5.56 Å². The maximum Gasteiger partial charge on any atom is 0.243 e. The molecule has 3 aromatic rings. The molecule has 1 heterocycles. The largest absolute Gasteiger partial charge is 0.329 e. The van der Waals surface area contributed by atoms with E-state index in [0.717, 1.165) is 19.6 Å². The Morgan fingerprint density at radius 3 is 2.30 bits per heavy atom. The van der Waals surface area contributed by atoms with E-state index in [-0.39, 0.29) is 0 Å². The number of hydrogen-bond acceptors (Lipinski definition) is 2. The first-order valence-corrected chi connectivity index (χ1v) is 10.9. The van der Waals surface area contributed by atoms with Crippen molar-refractivity contribution >= 4 is 32.4 Å². The molecule has 140 valence electrons. The van der Waals surface area contributed by atoms with E-state index < -0.39 is 10.0 Å². The van der Waals surface area contributed by atoms with Gasteiger partial charge in [-0.1, -0.05) is 54.1 Å². The van der Waals surface area contributed by atoms with Crippen molar-refractivity contribution in [3.63, 3.8) is 0 Å². The molecule has 1 saturated heterocycles. The summed E-state index contributed by atoms with van der Waals surface area (Å²) in [6.45, 7) is 3.58. The van der Waals surface area contributed by atoms with E-state index in [1.165, 1.54) is 21.2 Å². The molecule has 0 bridgehead atoms. The number of hydrogen-bond donors (Lipinski definition) is 1. The first-order valence-electron chi connectivity index (χ1n) is 9.10. The van der Waals surface area contributed by atoms with E-state index in [0.29, 0.717) is 23.0 Å². The van der Waals surface area contributed by atoms with Gasteiger partial charge in [0.1, 0.15) is 6.54 Å². The van der Waals surface area contributed by atoms with Crippen LogP contribution in [0.2, 0.25) is 5.02 Å². The predicted molar refractivity (Wildman–Crippen MR) is 109 cm³/mol. The van der Waals surface area contributed by atoms with E-state index in [4.69, 9.17) is 11.6 Å². The summed E-state index contributed by atoms with van der Waals surface area (Å²) in [6.07, 6.45) is 0. The maximum atomic E-state index is 12.8. The van der Waals surface area contributed by atoms with Crippen molar-refractivity contribution in [3.8, 4) is 0 Å². The zero-order valence-corrected chi connectivity index (χ0v) is 16.5. The lowest BCUT2D eigenvalue weighted by Gasteiger charge is -2.31. The zero-order valence-electron chi connectivity index (χ0n) is 14.9. The molecule has 4 nitrogen and oxygen atoms in total. The molecule has 6 heteroatoms. The lowest BCUT2D eigenvalue weighted by Crippen LogP contribution is -3.13. The van der Waals surface area contributed by atoms with Gasteiger partial charge in [0.15, 0.2) is 0 Å². The van der Waals surface area contributed by atoms with Crippen molar-refractivity contribution in [2.24, 2.45) is 0 Å². The Morgan fingerprint density at radius 1 is 0.889 bits per heavy atom. The Labute approximate surface area is 165 Å². The van der Waals surface area contributed by atoms with Gasteiger partial charge in [-0.25, -0.2) is 8.42 Å². The number of nitrogens with zero attached hydrogens (tertiary/aromatic N) is 1. The number of nitrogens with one attached hydrogen (secondary N) is 1. The van der Waals surface area contributed by atoms with Crippen LogP contribution in [0.4, 0.5) is 0 Å². The first kappa shape index (κ1) is 18.4. The van der Waals surface area contributed by atoms with Gasteiger partial charge in [0.2, 0.25) is 10.0 Å². The van der Waals surface area contributed by atoms with Crippen LogP contribution in [0, 0.1) is 0 Å². The zero-order chi connectivity index (χ0) is 18.9. The molecule has 3 aromatic carbocycles. The Balaban J connectivity index is 1.45. The van der Waals surface area contributed by atoms with Crippen LogP contribution in [0.3, 0.4) is 0 Å². The minimum absolute atomic E-state index is 0.310. The fourth-order valence-electron chi connectivity index (χ4n) is 3.69. The van der Waals surface area contributed by atoms with Crippen LogP contribution >= 0.6 is 11.6 Å². The average Bonchev–Trinajstić information content (AvgIpc) is 2.69. The van der Waals surface area contributed by atoms with E-state index in [9.17, 15) is 8.42 Å². The molecule has 1 aliphatic heterocycles. The number of benzene rings is 3. The second-order valence-corrected chi connectivity index (χ2v) is 9.30. The van der Waals surface area contributed by atoms with Crippen LogP contribution in [0.5, 0.6) is 0 Å². The topological polar surface area (TPSA) is 41.8 Å². The van der Waals surface area contributed by atoms with Crippen LogP contribution in [-0.4, -0.2) is 38.9 Å². The quantitative estimate of drug-likeness (QED) is 0.730. The molecule has 1 aliphatic rings. The summed E-state index contributed by atoms with van der Waals surface area (Å²) in [7, 11) is -3.45. The summed E-state index contributed by atoms with van der Waals surface area (Å²) in [5, 5.41) is 3.07. The summed E-state index contributed by atoms with van der Waals surface area (Å²) >= 11 is 5.87. The van der Waals surface area contributed by atoms with Gasteiger partial charge in [0.05, 0.1) is 31.1 Å². The van der Waals surface area contributed by atoms with E-state index >= 15 is 0 Å². The van der Waals surface area contributed by atoms with E-state index in [1.807, 2.05) is 0 Å². The van der Waals surface area contributed by atoms with Crippen molar-refractivity contribution in [1.82, 2.24) is 4.31 Å². The SMILES string of the molecule is O=S(=O)(c1ccc(Cl)cc1)N1CC[NH+](Cc2cccc3ccccc23)CC1. The van der Waals surface area contributed by atoms with Gasteiger partial charge in [-0.05, 0) is 35.0 Å². The summed E-state index contributed by atoms with van der Waals surface area (Å²) in [5.74, 6) is 0. The van der Waals surface area contributed by atoms with Crippen LogP contribution < -0.4 is 4.90 Å². The van der Waals surface area contributed by atoms with Crippen molar-refractivity contribution in [3.05, 3.63) is 77.3 Å². The summed E-state index contributed by atoms with van der Waals surface area (Å²) < 4.78 is 27.2. The number of fused-ring (bicyclic) bond motifs is 1. The highest BCUT2D eigenvalue weighted by atomic mass is 35.5. The summed E-state index contributed by atoms with van der Waals surface area (Å²) in [5.41, 5.74) is 1.32. The lowest BCUT2D eigenvalue weighted by atomic mass is 10.0. The average molecular weight is 402 g/mol. The highest BCUT2D eigenvalue weighted by Gasteiger charge is 2.30. The van der Waals surface area contributed by atoms with Crippen LogP contribution in [-0.2, 0) is 16.6 Å². The minimum atomic E-state index is -3.45. The Hall–Kier alpha value is -1.92. The van der Waals surface area contributed by atoms with Crippen molar-refractivity contribution in [2.45, 2.75) is 11.4 Å². The Kier molecular flexibility index (Phi) is 5.19. The molecule has 0 spiro atoms. The lowest BCUT2D eigenvalue weighted by molar-refractivity contribution is -0.917. The van der Waals surface area contributed by atoms with Crippen molar-refractivity contribution in [2.75, 3.05) is 26.2 Å². The minimum Gasteiger partial charge on any atom is -0.329 e. The summed E-state index contributed by atoms with van der Waals surface area (Å²) in [4.78, 5) is 1.72. The number of quaternary nitrogens is 1.